The Bertz CT molecular complexity index is 687. The lowest BCUT2D eigenvalue weighted by Gasteiger charge is -2.53. The van der Waals surface area contributed by atoms with Crippen molar-refractivity contribution in [3.05, 3.63) is 35.6 Å². The summed E-state index contributed by atoms with van der Waals surface area (Å²) in [5, 5.41) is 0. The second kappa shape index (κ2) is 4.63. The van der Waals surface area contributed by atoms with E-state index in [1.165, 1.54) is 0 Å². The molecule has 116 valence electrons. The monoisotopic (exact) mass is 300 g/mol. The van der Waals surface area contributed by atoms with Crippen LogP contribution in [0, 0.1) is 17.8 Å². The summed E-state index contributed by atoms with van der Waals surface area (Å²) >= 11 is 0. The standard InChI is InChI=1S/C16H20N4O2/c1-10-18-5-4-12(19-10)14(22)20-8-16(9-20)6-11(17)13(21)15(2,3)7-16/h4-6H,7-9,17H2,1-3H3. The van der Waals surface area contributed by atoms with Gasteiger partial charge in [-0.2, -0.15) is 0 Å². The zero-order chi connectivity index (χ0) is 16.1. The lowest BCUT2D eigenvalue weighted by atomic mass is 9.62. The van der Waals surface area contributed by atoms with Crippen LogP contribution in [-0.4, -0.2) is 39.6 Å². The minimum atomic E-state index is -0.473. The molecule has 1 saturated heterocycles. The number of aryl methyl sites for hydroxylation is 1. The van der Waals surface area contributed by atoms with Crippen LogP contribution in [0.25, 0.3) is 0 Å². The van der Waals surface area contributed by atoms with Crippen molar-refractivity contribution in [3.63, 3.8) is 0 Å². The number of Topliss-reactive ketones (excluding diaryl/α,β-unsaturated/α-hetero) is 1. The lowest BCUT2D eigenvalue weighted by Crippen LogP contribution is -2.61. The molecule has 1 aromatic rings. The number of amides is 1. The molecule has 0 unspecified atom stereocenters. The first-order valence-corrected chi connectivity index (χ1v) is 7.35. The van der Waals surface area contributed by atoms with Gasteiger partial charge in [0.2, 0.25) is 0 Å². The van der Waals surface area contributed by atoms with E-state index in [0.29, 0.717) is 36.7 Å². The van der Waals surface area contributed by atoms with E-state index < -0.39 is 5.41 Å². The molecule has 0 radical (unpaired) electrons. The third-order valence-electron chi connectivity index (χ3n) is 4.43. The third-order valence-corrected chi connectivity index (χ3v) is 4.43. The third kappa shape index (κ3) is 2.28. The van der Waals surface area contributed by atoms with E-state index in [2.05, 4.69) is 9.97 Å². The second-order valence-electron chi connectivity index (χ2n) is 7.00. The molecule has 2 heterocycles. The summed E-state index contributed by atoms with van der Waals surface area (Å²) < 4.78 is 0. The largest absolute Gasteiger partial charge is 0.396 e. The SMILES string of the molecule is Cc1nccc(C(=O)N2CC3(C=C(N)C(=O)C(C)(C)C3)C2)n1. The minimum Gasteiger partial charge on any atom is -0.396 e. The fourth-order valence-electron chi connectivity index (χ4n) is 3.60. The predicted octanol–water partition coefficient (Wildman–Crippen LogP) is 1.07. The molecule has 0 bridgehead atoms. The Hall–Kier alpha value is -2.24. The summed E-state index contributed by atoms with van der Waals surface area (Å²) in [7, 11) is 0. The van der Waals surface area contributed by atoms with E-state index in [1.807, 2.05) is 19.9 Å². The van der Waals surface area contributed by atoms with Gasteiger partial charge in [0, 0.05) is 30.1 Å². The van der Waals surface area contributed by atoms with Crippen molar-refractivity contribution in [2.24, 2.45) is 16.6 Å². The zero-order valence-electron chi connectivity index (χ0n) is 13.1. The Kier molecular flexibility index (Phi) is 3.09. The molecule has 6 nitrogen and oxygen atoms in total. The molecular weight excluding hydrogens is 280 g/mol. The Labute approximate surface area is 129 Å². The van der Waals surface area contributed by atoms with E-state index in [1.54, 1.807) is 24.1 Å². The van der Waals surface area contributed by atoms with E-state index in [0.717, 1.165) is 0 Å². The van der Waals surface area contributed by atoms with Crippen molar-refractivity contribution in [3.8, 4) is 0 Å². The number of nitrogens with zero attached hydrogens (tertiary/aromatic N) is 3. The highest BCUT2D eigenvalue weighted by Gasteiger charge is 2.51. The number of ketones is 1. The maximum atomic E-state index is 12.4. The van der Waals surface area contributed by atoms with Crippen LogP contribution in [0.5, 0.6) is 0 Å². The average molecular weight is 300 g/mol. The van der Waals surface area contributed by atoms with Crippen LogP contribution in [0.1, 0.15) is 36.6 Å². The van der Waals surface area contributed by atoms with Gasteiger partial charge in [0.15, 0.2) is 5.78 Å². The number of nitrogens with two attached hydrogens (primary N) is 1. The highest BCUT2D eigenvalue weighted by molar-refractivity contribution is 6.00. The molecule has 1 aromatic heterocycles. The smallest absolute Gasteiger partial charge is 0.272 e. The molecule has 1 aliphatic carbocycles. The number of carbonyl (C=O) groups is 2. The Morgan fingerprint density at radius 2 is 2.05 bits per heavy atom. The van der Waals surface area contributed by atoms with Crippen LogP contribution in [-0.2, 0) is 4.79 Å². The van der Waals surface area contributed by atoms with Crippen molar-refractivity contribution in [1.82, 2.24) is 14.9 Å². The van der Waals surface area contributed by atoms with E-state index in [9.17, 15) is 9.59 Å². The van der Waals surface area contributed by atoms with Gasteiger partial charge in [-0.25, -0.2) is 9.97 Å². The molecular formula is C16H20N4O2. The van der Waals surface area contributed by atoms with Gasteiger partial charge in [-0.1, -0.05) is 13.8 Å². The maximum Gasteiger partial charge on any atom is 0.272 e. The van der Waals surface area contributed by atoms with Crippen molar-refractivity contribution in [2.45, 2.75) is 27.2 Å². The Balaban J connectivity index is 1.77. The maximum absolute atomic E-state index is 12.4. The van der Waals surface area contributed by atoms with Crippen LogP contribution >= 0.6 is 0 Å². The zero-order valence-corrected chi connectivity index (χ0v) is 13.1. The highest BCUT2D eigenvalue weighted by atomic mass is 16.2. The van der Waals surface area contributed by atoms with Gasteiger partial charge in [-0.3, -0.25) is 9.59 Å². The van der Waals surface area contributed by atoms with Crippen LogP contribution < -0.4 is 5.73 Å². The summed E-state index contributed by atoms with van der Waals surface area (Å²) in [6.45, 7) is 6.73. The molecule has 0 aromatic carbocycles. The summed E-state index contributed by atoms with van der Waals surface area (Å²) in [5.41, 5.74) is 5.95. The van der Waals surface area contributed by atoms with Crippen LogP contribution in [0.4, 0.5) is 0 Å². The topological polar surface area (TPSA) is 89.2 Å². The van der Waals surface area contributed by atoms with Crippen LogP contribution in [0.2, 0.25) is 0 Å². The van der Waals surface area contributed by atoms with Gasteiger partial charge in [0.25, 0.3) is 5.91 Å². The Morgan fingerprint density at radius 1 is 1.36 bits per heavy atom. The average Bonchev–Trinajstić information content (AvgIpc) is 2.40. The molecule has 2 aliphatic rings. The lowest BCUT2D eigenvalue weighted by molar-refractivity contribution is -0.127. The fraction of sp³-hybridized carbons (Fsp3) is 0.500. The van der Waals surface area contributed by atoms with Crippen molar-refractivity contribution >= 4 is 11.7 Å². The number of likely N-dealkylation sites (tertiary alicyclic amines) is 1. The second-order valence-corrected chi connectivity index (χ2v) is 7.00. The van der Waals surface area contributed by atoms with Crippen LogP contribution in [0.3, 0.4) is 0 Å². The van der Waals surface area contributed by atoms with Crippen molar-refractivity contribution in [1.29, 1.82) is 0 Å². The summed E-state index contributed by atoms with van der Waals surface area (Å²) in [5.74, 6) is 0.474. The molecule has 1 spiro atoms. The number of rotatable bonds is 1. The number of hydrogen-bond acceptors (Lipinski definition) is 5. The summed E-state index contributed by atoms with van der Waals surface area (Å²) in [6, 6.07) is 1.62. The number of carbonyl (C=O) groups excluding carboxylic acids is 2. The van der Waals surface area contributed by atoms with Gasteiger partial charge in [0.1, 0.15) is 11.5 Å². The first kappa shape index (κ1) is 14.7. The molecule has 0 atom stereocenters. The van der Waals surface area contributed by atoms with E-state index >= 15 is 0 Å². The molecule has 22 heavy (non-hydrogen) atoms. The van der Waals surface area contributed by atoms with E-state index in [4.69, 9.17) is 5.73 Å². The minimum absolute atomic E-state index is 0.00525. The summed E-state index contributed by atoms with van der Waals surface area (Å²) in [4.78, 5) is 34.4. The van der Waals surface area contributed by atoms with Crippen molar-refractivity contribution in [2.75, 3.05) is 13.1 Å². The van der Waals surface area contributed by atoms with Gasteiger partial charge in [0.05, 0.1) is 5.70 Å². The Morgan fingerprint density at radius 3 is 2.64 bits per heavy atom. The molecule has 0 saturated carbocycles. The first-order chi connectivity index (χ1) is 10.2. The molecule has 1 aliphatic heterocycles. The fourth-order valence-corrected chi connectivity index (χ4v) is 3.60. The first-order valence-electron chi connectivity index (χ1n) is 7.35. The number of hydrogen-bond donors (Lipinski definition) is 1. The highest BCUT2D eigenvalue weighted by Crippen LogP contribution is 2.47. The van der Waals surface area contributed by atoms with Crippen LogP contribution in [0.15, 0.2) is 24.0 Å². The molecule has 6 heteroatoms. The normalized spacial score (nSPS) is 22.2. The molecule has 1 fully saturated rings. The molecule has 2 N–H and O–H groups in total. The number of allylic oxidation sites excluding steroid dienone is 1. The van der Waals surface area contributed by atoms with Gasteiger partial charge >= 0.3 is 0 Å². The predicted molar refractivity (Wildman–Crippen MR) is 80.8 cm³/mol. The van der Waals surface area contributed by atoms with E-state index in [-0.39, 0.29) is 17.1 Å². The van der Waals surface area contributed by atoms with Crippen molar-refractivity contribution < 1.29 is 9.59 Å². The van der Waals surface area contributed by atoms with Gasteiger partial charge < -0.3 is 10.6 Å². The summed E-state index contributed by atoms with van der Waals surface area (Å²) in [6.07, 6.45) is 4.15. The number of aromatic nitrogens is 2. The molecule has 3 rings (SSSR count). The van der Waals surface area contributed by atoms with Gasteiger partial charge in [-0.05, 0) is 25.5 Å². The molecule has 1 amide bonds. The van der Waals surface area contributed by atoms with Gasteiger partial charge in [-0.15, -0.1) is 0 Å². The quantitative estimate of drug-likeness (QED) is 0.838.